The molecule has 0 radical (unpaired) electrons. The lowest BCUT2D eigenvalue weighted by Crippen LogP contribution is -2.52. The van der Waals surface area contributed by atoms with Gasteiger partial charge in [0.25, 0.3) is 5.91 Å². The molecule has 0 spiro atoms. The van der Waals surface area contributed by atoms with Gasteiger partial charge in [-0.1, -0.05) is 18.9 Å². The first kappa shape index (κ1) is 19.5. The summed E-state index contributed by atoms with van der Waals surface area (Å²) in [4.78, 5) is 16.6. The summed E-state index contributed by atoms with van der Waals surface area (Å²) in [6.07, 6.45) is 1.51. The van der Waals surface area contributed by atoms with Crippen LogP contribution in [0.3, 0.4) is 0 Å². The van der Waals surface area contributed by atoms with Gasteiger partial charge < -0.3 is 4.90 Å². The van der Waals surface area contributed by atoms with Crippen molar-refractivity contribution < 1.29 is 18.0 Å². The zero-order valence-corrected chi connectivity index (χ0v) is 14.7. The molecule has 1 fully saturated rings. The number of alkyl halides is 3. The van der Waals surface area contributed by atoms with Crippen LogP contribution in [0.5, 0.6) is 0 Å². The largest absolute Gasteiger partial charge is 0.416 e. The minimum atomic E-state index is -4.39. The lowest BCUT2D eigenvalue weighted by Gasteiger charge is -2.42. The summed E-state index contributed by atoms with van der Waals surface area (Å²) in [5.74, 6) is -0.238. The molecule has 2 rings (SSSR count). The quantitative estimate of drug-likeness (QED) is 0.740. The molecular formula is C19H25F3N2O. The Morgan fingerprint density at radius 3 is 2.24 bits per heavy atom. The third kappa shape index (κ3) is 4.63. The Bertz CT molecular complexity index is 598. The molecule has 2 atom stereocenters. The number of hydrogen-bond donors (Lipinski definition) is 0. The number of halogens is 3. The average Bonchev–Trinajstić information content (AvgIpc) is 2.60. The maximum Gasteiger partial charge on any atom is 0.416 e. The van der Waals surface area contributed by atoms with Crippen molar-refractivity contribution >= 4 is 5.91 Å². The molecule has 6 heteroatoms. The van der Waals surface area contributed by atoms with Crippen molar-refractivity contribution in [3.8, 4) is 0 Å². The number of rotatable bonds is 5. The Balaban J connectivity index is 2.15. The van der Waals surface area contributed by atoms with Crippen LogP contribution in [0, 0.1) is 0 Å². The van der Waals surface area contributed by atoms with Gasteiger partial charge in [0.1, 0.15) is 0 Å². The van der Waals surface area contributed by atoms with Gasteiger partial charge >= 0.3 is 6.18 Å². The smallest absolute Gasteiger partial charge is 0.337 e. The SMILES string of the molecule is C=CCN(C)C1CCCCC1N(C)C(=O)c1ccc(C(F)(F)F)cc1. The summed E-state index contributed by atoms with van der Waals surface area (Å²) in [7, 11) is 3.76. The summed E-state index contributed by atoms with van der Waals surface area (Å²) in [6.45, 7) is 4.50. The van der Waals surface area contributed by atoms with Crippen molar-refractivity contribution in [1.82, 2.24) is 9.80 Å². The van der Waals surface area contributed by atoms with Crippen LogP contribution in [0.4, 0.5) is 13.2 Å². The average molecular weight is 354 g/mol. The monoisotopic (exact) mass is 354 g/mol. The topological polar surface area (TPSA) is 23.6 Å². The number of benzene rings is 1. The van der Waals surface area contributed by atoms with Crippen molar-refractivity contribution in [3.63, 3.8) is 0 Å². The highest BCUT2D eigenvalue weighted by Crippen LogP contribution is 2.30. The summed E-state index contributed by atoms with van der Waals surface area (Å²) in [5, 5.41) is 0. The van der Waals surface area contributed by atoms with E-state index in [0.717, 1.165) is 44.4 Å². The van der Waals surface area contributed by atoms with Crippen molar-refractivity contribution in [1.29, 1.82) is 0 Å². The van der Waals surface area contributed by atoms with Crippen molar-refractivity contribution in [2.45, 2.75) is 43.9 Å². The second-order valence-corrected chi connectivity index (χ2v) is 6.64. The number of likely N-dealkylation sites (N-methyl/N-ethyl adjacent to an activating group) is 2. The van der Waals surface area contributed by atoms with E-state index in [1.807, 2.05) is 13.1 Å². The van der Waals surface area contributed by atoms with Gasteiger partial charge in [-0.15, -0.1) is 6.58 Å². The molecule has 0 aromatic heterocycles. The van der Waals surface area contributed by atoms with Crippen LogP contribution in [0.25, 0.3) is 0 Å². The fourth-order valence-electron chi connectivity index (χ4n) is 3.55. The van der Waals surface area contributed by atoms with E-state index in [1.165, 1.54) is 12.1 Å². The first-order valence-corrected chi connectivity index (χ1v) is 8.51. The normalized spacial score (nSPS) is 21.2. The molecule has 1 aliphatic rings. The third-order valence-corrected chi connectivity index (χ3v) is 4.95. The fraction of sp³-hybridized carbons (Fsp3) is 0.526. The minimum absolute atomic E-state index is 0.0495. The highest BCUT2D eigenvalue weighted by atomic mass is 19.4. The van der Waals surface area contributed by atoms with Gasteiger partial charge in [0, 0.05) is 31.2 Å². The highest BCUT2D eigenvalue weighted by Gasteiger charge is 2.34. The lowest BCUT2D eigenvalue weighted by atomic mass is 9.88. The Morgan fingerprint density at radius 1 is 1.16 bits per heavy atom. The number of nitrogens with zero attached hydrogens (tertiary/aromatic N) is 2. The van der Waals surface area contributed by atoms with Crippen LogP contribution >= 0.6 is 0 Å². The number of carbonyl (C=O) groups is 1. The van der Waals surface area contributed by atoms with Gasteiger partial charge in [0.05, 0.1) is 5.56 Å². The van der Waals surface area contributed by atoms with E-state index in [4.69, 9.17) is 0 Å². The fourth-order valence-corrected chi connectivity index (χ4v) is 3.55. The lowest BCUT2D eigenvalue weighted by molar-refractivity contribution is -0.137. The Morgan fingerprint density at radius 2 is 1.72 bits per heavy atom. The zero-order chi connectivity index (χ0) is 18.6. The van der Waals surface area contributed by atoms with Crippen LogP contribution in [0.2, 0.25) is 0 Å². The predicted octanol–water partition coefficient (Wildman–Crippen LogP) is 4.21. The zero-order valence-electron chi connectivity index (χ0n) is 14.7. The van der Waals surface area contributed by atoms with E-state index in [9.17, 15) is 18.0 Å². The first-order valence-electron chi connectivity index (χ1n) is 8.51. The molecule has 1 aromatic carbocycles. The van der Waals surface area contributed by atoms with Crippen molar-refractivity contribution in [2.75, 3.05) is 20.6 Å². The molecule has 0 N–H and O–H groups in total. The third-order valence-electron chi connectivity index (χ3n) is 4.95. The second kappa shape index (κ2) is 8.04. The Kier molecular flexibility index (Phi) is 6.27. The molecule has 1 aliphatic carbocycles. The summed E-state index contributed by atoms with van der Waals surface area (Å²) in [6, 6.07) is 4.72. The Hall–Kier alpha value is -1.82. The summed E-state index contributed by atoms with van der Waals surface area (Å²) in [5.41, 5.74) is -0.459. The molecule has 1 amide bonds. The molecule has 1 aromatic rings. The van der Waals surface area contributed by atoms with E-state index in [0.29, 0.717) is 0 Å². The summed E-state index contributed by atoms with van der Waals surface area (Å²) >= 11 is 0. The van der Waals surface area contributed by atoms with Gasteiger partial charge in [-0.05, 0) is 44.2 Å². The van der Waals surface area contributed by atoms with Crippen LogP contribution in [-0.2, 0) is 6.18 Å². The molecule has 0 bridgehead atoms. The first-order chi connectivity index (χ1) is 11.8. The molecule has 2 unspecified atom stereocenters. The molecule has 0 aliphatic heterocycles. The van der Waals surface area contributed by atoms with Gasteiger partial charge in [0.2, 0.25) is 0 Å². The standard InChI is InChI=1S/C19H25F3N2O/c1-4-13-23(2)16-7-5-6-8-17(16)24(3)18(25)14-9-11-15(12-10-14)19(20,21)22/h4,9-12,16-17H,1,5-8,13H2,2-3H3. The van der Waals surface area contributed by atoms with Crippen molar-refractivity contribution in [3.05, 3.63) is 48.0 Å². The van der Waals surface area contributed by atoms with E-state index >= 15 is 0 Å². The van der Waals surface area contributed by atoms with Gasteiger partial charge in [-0.25, -0.2) is 0 Å². The Labute approximate surface area is 147 Å². The van der Waals surface area contributed by atoms with Crippen LogP contribution in [0.1, 0.15) is 41.6 Å². The number of hydrogen-bond acceptors (Lipinski definition) is 2. The molecule has 0 saturated heterocycles. The molecular weight excluding hydrogens is 329 g/mol. The van der Waals surface area contributed by atoms with E-state index in [2.05, 4.69) is 11.5 Å². The van der Waals surface area contributed by atoms with Crippen LogP contribution in [0.15, 0.2) is 36.9 Å². The summed E-state index contributed by atoms with van der Waals surface area (Å²) < 4.78 is 38.0. The second-order valence-electron chi connectivity index (χ2n) is 6.64. The van der Waals surface area contributed by atoms with Gasteiger partial charge in [-0.2, -0.15) is 13.2 Å². The van der Waals surface area contributed by atoms with E-state index < -0.39 is 11.7 Å². The van der Waals surface area contributed by atoms with E-state index in [1.54, 1.807) is 11.9 Å². The molecule has 25 heavy (non-hydrogen) atoms. The van der Waals surface area contributed by atoms with E-state index in [-0.39, 0.29) is 23.6 Å². The van der Waals surface area contributed by atoms with Crippen LogP contribution < -0.4 is 0 Å². The van der Waals surface area contributed by atoms with Crippen LogP contribution in [-0.4, -0.2) is 48.4 Å². The van der Waals surface area contributed by atoms with Gasteiger partial charge in [0.15, 0.2) is 0 Å². The predicted molar refractivity (Wildman–Crippen MR) is 92.4 cm³/mol. The number of amides is 1. The maximum absolute atomic E-state index is 12.7. The molecule has 0 heterocycles. The molecule has 3 nitrogen and oxygen atoms in total. The minimum Gasteiger partial charge on any atom is -0.337 e. The van der Waals surface area contributed by atoms with Crippen molar-refractivity contribution in [2.24, 2.45) is 0 Å². The molecule has 138 valence electrons. The molecule has 1 saturated carbocycles. The maximum atomic E-state index is 12.7. The highest BCUT2D eigenvalue weighted by molar-refractivity contribution is 5.94. The number of carbonyl (C=O) groups excluding carboxylic acids is 1. The van der Waals surface area contributed by atoms with Gasteiger partial charge in [-0.3, -0.25) is 9.69 Å².